The molecule has 0 aliphatic carbocycles. The zero-order valence-corrected chi connectivity index (χ0v) is 14.2. The predicted molar refractivity (Wildman–Crippen MR) is 95.5 cm³/mol. The van der Waals surface area contributed by atoms with Crippen molar-refractivity contribution in [2.45, 2.75) is 25.0 Å². The lowest BCUT2D eigenvalue weighted by molar-refractivity contribution is -0.127. The van der Waals surface area contributed by atoms with Crippen LogP contribution in [0, 0.1) is 0 Å². The van der Waals surface area contributed by atoms with Gasteiger partial charge in [0.2, 0.25) is 0 Å². The van der Waals surface area contributed by atoms with Crippen LogP contribution in [0.5, 0.6) is 0 Å². The van der Waals surface area contributed by atoms with E-state index >= 15 is 0 Å². The highest BCUT2D eigenvalue weighted by atomic mass is 16.5. The number of rotatable bonds is 4. The summed E-state index contributed by atoms with van der Waals surface area (Å²) in [6.45, 7) is 4.33. The van der Waals surface area contributed by atoms with Crippen molar-refractivity contribution in [1.82, 2.24) is 9.88 Å². The van der Waals surface area contributed by atoms with Crippen LogP contribution in [-0.2, 0) is 14.3 Å². The van der Waals surface area contributed by atoms with Gasteiger partial charge in [-0.25, -0.2) is 0 Å². The van der Waals surface area contributed by atoms with Crippen LogP contribution in [0.1, 0.15) is 12.8 Å². The highest BCUT2D eigenvalue weighted by Crippen LogP contribution is 2.25. The Morgan fingerprint density at radius 2 is 2.04 bits per heavy atom. The number of carbonyl (C=O) groups is 1. The second-order valence-electron chi connectivity index (χ2n) is 6.63. The fourth-order valence-corrected chi connectivity index (χ4v) is 3.53. The van der Waals surface area contributed by atoms with Gasteiger partial charge in [0.05, 0.1) is 31.2 Å². The van der Waals surface area contributed by atoms with Crippen LogP contribution in [-0.4, -0.2) is 60.8 Å². The van der Waals surface area contributed by atoms with Crippen molar-refractivity contribution in [2.24, 2.45) is 0 Å². The van der Waals surface area contributed by atoms with Crippen molar-refractivity contribution < 1.29 is 14.3 Å². The summed E-state index contributed by atoms with van der Waals surface area (Å²) in [5, 5.41) is 5.00. The Bertz CT molecular complexity index is 740. The van der Waals surface area contributed by atoms with Crippen LogP contribution in [0.2, 0.25) is 0 Å². The van der Waals surface area contributed by atoms with Gasteiger partial charge in [-0.2, -0.15) is 0 Å². The maximum Gasteiger partial charge on any atom is 0.253 e. The minimum Gasteiger partial charge on any atom is -0.379 e. The van der Waals surface area contributed by atoms with Crippen LogP contribution in [0.25, 0.3) is 10.8 Å². The molecule has 2 aromatic rings. The summed E-state index contributed by atoms with van der Waals surface area (Å²) < 4.78 is 11.4. The molecule has 0 bridgehead atoms. The Morgan fingerprint density at radius 1 is 1.20 bits per heavy atom. The van der Waals surface area contributed by atoms with Gasteiger partial charge in [0, 0.05) is 36.6 Å². The first kappa shape index (κ1) is 16.4. The number of amides is 1. The molecular formula is C19H23N3O3. The van der Waals surface area contributed by atoms with Crippen molar-refractivity contribution in [3.63, 3.8) is 0 Å². The molecule has 4 rings (SSSR count). The number of hydrogen-bond acceptors (Lipinski definition) is 5. The minimum absolute atomic E-state index is 0.0809. The monoisotopic (exact) mass is 341 g/mol. The Labute approximate surface area is 147 Å². The van der Waals surface area contributed by atoms with Gasteiger partial charge in [-0.3, -0.25) is 14.7 Å². The van der Waals surface area contributed by atoms with E-state index < -0.39 is 0 Å². The molecule has 2 aliphatic rings. The maximum atomic E-state index is 12.6. The largest absolute Gasteiger partial charge is 0.379 e. The van der Waals surface area contributed by atoms with Gasteiger partial charge >= 0.3 is 0 Å². The van der Waals surface area contributed by atoms with Gasteiger partial charge in [0.15, 0.2) is 0 Å². The van der Waals surface area contributed by atoms with Crippen molar-refractivity contribution >= 4 is 22.4 Å². The van der Waals surface area contributed by atoms with Crippen molar-refractivity contribution in [1.29, 1.82) is 0 Å². The summed E-state index contributed by atoms with van der Waals surface area (Å²) in [5.74, 6) is -0.0809. The highest BCUT2D eigenvalue weighted by Gasteiger charge is 2.32. The van der Waals surface area contributed by atoms with Gasteiger partial charge in [-0.1, -0.05) is 24.3 Å². The molecule has 6 heteroatoms. The smallest absolute Gasteiger partial charge is 0.253 e. The third kappa shape index (κ3) is 3.81. The molecule has 1 N–H and O–H groups in total. The fourth-order valence-electron chi connectivity index (χ4n) is 3.53. The third-order valence-electron chi connectivity index (χ3n) is 4.89. The average Bonchev–Trinajstić information content (AvgIpc) is 3.11. The zero-order chi connectivity index (χ0) is 17.1. The molecule has 2 atom stereocenters. The molecule has 1 amide bonds. The second kappa shape index (κ2) is 7.47. The van der Waals surface area contributed by atoms with E-state index in [0.717, 1.165) is 62.1 Å². The van der Waals surface area contributed by atoms with E-state index in [-0.39, 0.29) is 18.1 Å². The molecule has 0 unspecified atom stereocenters. The Kier molecular flexibility index (Phi) is 4.92. The van der Waals surface area contributed by atoms with Crippen molar-refractivity contribution in [3.05, 3.63) is 36.7 Å². The molecule has 2 fully saturated rings. The van der Waals surface area contributed by atoms with E-state index in [9.17, 15) is 4.79 Å². The lowest BCUT2D eigenvalue weighted by Crippen LogP contribution is -2.41. The Hall–Kier alpha value is -2.02. The van der Waals surface area contributed by atoms with Crippen LogP contribution < -0.4 is 5.32 Å². The zero-order valence-electron chi connectivity index (χ0n) is 14.2. The topological polar surface area (TPSA) is 63.7 Å². The number of carbonyl (C=O) groups excluding carboxylic acids is 1. The molecule has 0 spiro atoms. The predicted octanol–water partition coefficient (Wildman–Crippen LogP) is 2.05. The number of pyridine rings is 1. The molecule has 1 aromatic carbocycles. The highest BCUT2D eigenvalue weighted by molar-refractivity contribution is 6.03. The van der Waals surface area contributed by atoms with E-state index in [1.807, 2.05) is 24.3 Å². The summed E-state index contributed by atoms with van der Waals surface area (Å²) in [5.41, 5.74) is 0.739. The molecule has 2 saturated heterocycles. The number of nitrogens with zero attached hydrogens (tertiary/aromatic N) is 2. The summed E-state index contributed by atoms with van der Waals surface area (Å²) in [6.07, 6.45) is 4.92. The first-order valence-electron chi connectivity index (χ1n) is 8.89. The number of fused-ring (bicyclic) bond motifs is 1. The van der Waals surface area contributed by atoms with E-state index in [0.29, 0.717) is 0 Å². The average molecular weight is 341 g/mol. The van der Waals surface area contributed by atoms with Crippen LogP contribution in [0.3, 0.4) is 0 Å². The first-order chi connectivity index (χ1) is 12.3. The number of ether oxygens (including phenoxy) is 2. The van der Waals surface area contributed by atoms with Gasteiger partial charge in [0.1, 0.15) is 6.10 Å². The molecule has 6 nitrogen and oxygen atoms in total. The molecule has 0 radical (unpaired) electrons. The van der Waals surface area contributed by atoms with Gasteiger partial charge in [-0.05, 0) is 12.8 Å². The van der Waals surface area contributed by atoms with Gasteiger partial charge in [0.25, 0.3) is 5.91 Å². The SMILES string of the molecule is O=C(Nc1cncc2ccccc12)[C@@H]1CC[C@H](CN2CCOCC2)O1. The number of nitrogens with one attached hydrogen (secondary N) is 1. The lowest BCUT2D eigenvalue weighted by atomic mass is 10.1. The van der Waals surface area contributed by atoms with E-state index in [1.165, 1.54) is 0 Å². The summed E-state index contributed by atoms with van der Waals surface area (Å²) in [6, 6.07) is 7.90. The van der Waals surface area contributed by atoms with Gasteiger partial charge in [-0.15, -0.1) is 0 Å². The number of morpholine rings is 1. The molecule has 132 valence electrons. The Balaban J connectivity index is 1.37. The lowest BCUT2D eigenvalue weighted by Gasteiger charge is -2.28. The summed E-state index contributed by atoms with van der Waals surface area (Å²) in [4.78, 5) is 19.2. The molecule has 0 saturated carbocycles. The first-order valence-corrected chi connectivity index (χ1v) is 8.89. The van der Waals surface area contributed by atoms with Crippen molar-refractivity contribution in [2.75, 3.05) is 38.2 Å². The molecule has 25 heavy (non-hydrogen) atoms. The third-order valence-corrected chi connectivity index (χ3v) is 4.89. The molecule has 1 aromatic heterocycles. The molecular weight excluding hydrogens is 318 g/mol. The van der Waals surface area contributed by atoms with Gasteiger partial charge < -0.3 is 14.8 Å². The van der Waals surface area contributed by atoms with Crippen LogP contribution in [0.15, 0.2) is 36.7 Å². The summed E-state index contributed by atoms with van der Waals surface area (Å²) >= 11 is 0. The normalized spacial score (nSPS) is 24.5. The minimum atomic E-state index is -0.384. The van der Waals surface area contributed by atoms with Crippen molar-refractivity contribution in [3.8, 4) is 0 Å². The number of benzene rings is 1. The van der Waals surface area contributed by atoms with E-state index in [2.05, 4.69) is 15.2 Å². The second-order valence-corrected chi connectivity index (χ2v) is 6.63. The number of hydrogen-bond donors (Lipinski definition) is 1. The standard InChI is InChI=1S/C19H23N3O3/c23-19(21-17-12-20-11-14-3-1-2-4-16(14)17)18-6-5-15(25-18)13-22-7-9-24-10-8-22/h1-4,11-12,15,18H,5-10,13H2,(H,21,23)/t15-,18+/m1/s1. The van der Waals surface area contributed by atoms with E-state index in [1.54, 1.807) is 12.4 Å². The van der Waals surface area contributed by atoms with Crippen LogP contribution in [0.4, 0.5) is 5.69 Å². The Morgan fingerprint density at radius 3 is 2.92 bits per heavy atom. The molecule has 2 aliphatic heterocycles. The number of anilines is 1. The fraction of sp³-hybridized carbons (Fsp3) is 0.474. The summed E-state index contributed by atoms with van der Waals surface area (Å²) in [7, 11) is 0. The number of aromatic nitrogens is 1. The van der Waals surface area contributed by atoms with E-state index in [4.69, 9.17) is 9.47 Å². The molecule has 3 heterocycles. The quantitative estimate of drug-likeness (QED) is 0.922. The van der Waals surface area contributed by atoms with Crippen LogP contribution >= 0.6 is 0 Å². The maximum absolute atomic E-state index is 12.6.